The van der Waals surface area contributed by atoms with E-state index >= 15 is 0 Å². The van der Waals surface area contributed by atoms with Crippen molar-refractivity contribution in [1.82, 2.24) is 10.6 Å². The molecule has 1 heterocycles. The summed E-state index contributed by atoms with van der Waals surface area (Å²) in [6.45, 7) is 1.76. The zero-order valence-electron chi connectivity index (χ0n) is 9.57. The van der Waals surface area contributed by atoms with Crippen molar-refractivity contribution < 1.29 is 4.79 Å². The van der Waals surface area contributed by atoms with Gasteiger partial charge in [0.25, 0.3) is 0 Å². The molecule has 0 aliphatic carbocycles. The van der Waals surface area contributed by atoms with Gasteiger partial charge in [-0.25, -0.2) is 0 Å². The van der Waals surface area contributed by atoms with Gasteiger partial charge in [-0.15, -0.1) is 0 Å². The standard InChI is InChI=1S/C13H18N2O/c1-14-13(16)12-7-11(8-15-9-12)10-5-3-2-4-6-10/h2-6,11-12,15H,7-9H2,1H3,(H,14,16)/t11-,12+/m0/s1. The molecule has 1 amide bonds. The van der Waals surface area contributed by atoms with E-state index in [2.05, 4.69) is 34.9 Å². The molecule has 1 aromatic rings. The highest BCUT2D eigenvalue weighted by Crippen LogP contribution is 2.26. The Kier molecular flexibility index (Phi) is 3.57. The van der Waals surface area contributed by atoms with Gasteiger partial charge < -0.3 is 10.6 Å². The number of carbonyl (C=O) groups excluding carboxylic acids is 1. The number of hydrogen-bond donors (Lipinski definition) is 2. The molecule has 0 radical (unpaired) electrons. The third-order valence-electron chi connectivity index (χ3n) is 3.24. The summed E-state index contributed by atoms with van der Waals surface area (Å²) in [5.74, 6) is 0.703. The van der Waals surface area contributed by atoms with E-state index in [1.165, 1.54) is 5.56 Å². The quantitative estimate of drug-likeness (QED) is 0.781. The van der Waals surface area contributed by atoms with Crippen LogP contribution in [0.5, 0.6) is 0 Å². The van der Waals surface area contributed by atoms with E-state index < -0.39 is 0 Å². The maximum absolute atomic E-state index is 11.6. The number of piperidine rings is 1. The van der Waals surface area contributed by atoms with Gasteiger partial charge in [-0.1, -0.05) is 30.3 Å². The van der Waals surface area contributed by atoms with Crippen molar-refractivity contribution in [1.29, 1.82) is 0 Å². The number of nitrogens with one attached hydrogen (secondary N) is 2. The Morgan fingerprint density at radius 2 is 2.06 bits per heavy atom. The van der Waals surface area contributed by atoms with Crippen LogP contribution in [0, 0.1) is 5.92 Å². The van der Waals surface area contributed by atoms with Gasteiger partial charge in [0.15, 0.2) is 0 Å². The molecular weight excluding hydrogens is 200 g/mol. The third-order valence-corrected chi connectivity index (χ3v) is 3.24. The van der Waals surface area contributed by atoms with Crippen LogP contribution in [0.2, 0.25) is 0 Å². The van der Waals surface area contributed by atoms with Crippen LogP contribution in [-0.2, 0) is 4.79 Å². The molecule has 0 saturated carbocycles. The first-order valence-electron chi connectivity index (χ1n) is 5.78. The Hall–Kier alpha value is -1.35. The van der Waals surface area contributed by atoms with Crippen molar-refractivity contribution in [2.75, 3.05) is 20.1 Å². The number of carbonyl (C=O) groups is 1. The van der Waals surface area contributed by atoms with E-state index in [4.69, 9.17) is 0 Å². The summed E-state index contributed by atoms with van der Waals surface area (Å²) in [6.07, 6.45) is 0.941. The molecule has 0 bridgehead atoms. The number of amides is 1. The van der Waals surface area contributed by atoms with E-state index in [1.54, 1.807) is 7.05 Å². The maximum Gasteiger partial charge on any atom is 0.224 e. The first-order chi connectivity index (χ1) is 7.81. The second-order valence-electron chi connectivity index (χ2n) is 4.31. The summed E-state index contributed by atoms with van der Waals surface area (Å²) >= 11 is 0. The maximum atomic E-state index is 11.6. The number of rotatable bonds is 2. The minimum Gasteiger partial charge on any atom is -0.359 e. The summed E-state index contributed by atoms with van der Waals surface area (Å²) in [6, 6.07) is 10.4. The second-order valence-corrected chi connectivity index (χ2v) is 4.31. The lowest BCUT2D eigenvalue weighted by molar-refractivity contribution is -0.125. The van der Waals surface area contributed by atoms with Gasteiger partial charge in [0.05, 0.1) is 5.92 Å². The summed E-state index contributed by atoms with van der Waals surface area (Å²) in [5.41, 5.74) is 1.32. The second kappa shape index (κ2) is 5.12. The van der Waals surface area contributed by atoms with Crippen LogP contribution in [0.25, 0.3) is 0 Å². The lowest BCUT2D eigenvalue weighted by Crippen LogP contribution is -2.42. The first-order valence-corrected chi connectivity index (χ1v) is 5.78. The lowest BCUT2D eigenvalue weighted by Gasteiger charge is -2.29. The topological polar surface area (TPSA) is 41.1 Å². The largest absolute Gasteiger partial charge is 0.359 e. The van der Waals surface area contributed by atoms with E-state index in [0.29, 0.717) is 5.92 Å². The van der Waals surface area contributed by atoms with Crippen molar-refractivity contribution in [2.24, 2.45) is 5.92 Å². The zero-order valence-corrected chi connectivity index (χ0v) is 9.57. The van der Waals surface area contributed by atoms with Crippen LogP contribution in [-0.4, -0.2) is 26.0 Å². The molecule has 0 spiro atoms. The van der Waals surface area contributed by atoms with Gasteiger partial charge >= 0.3 is 0 Å². The van der Waals surface area contributed by atoms with Crippen LogP contribution < -0.4 is 10.6 Å². The van der Waals surface area contributed by atoms with Gasteiger partial charge in [0, 0.05) is 20.1 Å². The van der Waals surface area contributed by atoms with Crippen molar-refractivity contribution in [2.45, 2.75) is 12.3 Å². The minimum absolute atomic E-state index is 0.101. The molecule has 3 heteroatoms. The third kappa shape index (κ3) is 2.42. The number of hydrogen-bond acceptors (Lipinski definition) is 2. The summed E-state index contributed by atoms with van der Waals surface area (Å²) in [7, 11) is 1.70. The molecule has 0 unspecified atom stereocenters. The minimum atomic E-state index is 0.101. The van der Waals surface area contributed by atoms with Crippen LogP contribution in [0.15, 0.2) is 30.3 Å². The fraction of sp³-hybridized carbons (Fsp3) is 0.462. The fourth-order valence-corrected chi connectivity index (χ4v) is 2.32. The molecule has 1 fully saturated rings. The zero-order chi connectivity index (χ0) is 11.4. The molecule has 0 aromatic heterocycles. The Labute approximate surface area is 96.2 Å². The SMILES string of the molecule is CNC(=O)[C@H]1CNC[C@@H](c2ccccc2)C1. The molecule has 3 nitrogen and oxygen atoms in total. The monoisotopic (exact) mass is 218 g/mol. The van der Waals surface area contributed by atoms with Gasteiger partial charge in [0.2, 0.25) is 5.91 Å². The molecule has 86 valence electrons. The molecule has 2 rings (SSSR count). The Morgan fingerprint density at radius 1 is 1.31 bits per heavy atom. The van der Waals surface area contributed by atoms with E-state index in [9.17, 15) is 4.79 Å². The number of benzene rings is 1. The predicted molar refractivity (Wildman–Crippen MR) is 64.2 cm³/mol. The van der Waals surface area contributed by atoms with Crippen molar-refractivity contribution in [3.8, 4) is 0 Å². The van der Waals surface area contributed by atoms with Gasteiger partial charge in [-0.05, 0) is 17.9 Å². The first kappa shape index (κ1) is 11.1. The highest BCUT2D eigenvalue weighted by Gasteiger charge is 2.26. The van der Waals surface area contributed by atoms with E-state index in [-0.39, 0.29) is 11.8 Å². The van der Waals surface area contributed by atoms with E-state index in [1.807, 2.05) is 6.07 Å². The van der Waals surface area contributed by atoms with Crippen LogP contribution in [0.4, 0.5) is 0 Å². The van der Waals surface area contributed by atoms with Gasteiger partial charge in [0.1, 0.15) is 0 Å². The van der Waals surface area contributed by atoms with Crippen LogP contribution >= 0.6 is 0 Å². The molecular formula is C13H18N2O. The molecule has 1 aliphatic heterocycles. The summed E-state index contributed by atoms with van der Waals surface area (Å²) in [4.78, 5) is 11.6. The average molecular weight is 218 g/mol. The highest BCUT2D eigenvalue weighted by molar-refractivity contribution is 5.78. The lowest BCUT2D eigenvalue weighted by atomic mass is 9.85. The van der Waals surface area contributed by atoms with Crippen molar-refractivity contribution in [3.05, 3.63) is 35.9 Å². The van der Waals surface area contributed by atoms with Gasteiger partial charge in [-0.2, -0.15) is 0 Å². The van der Waals surface area contributed by atoms with E-state index in [0.717, 1.165) is 19.5 Å². The average Bonchev–Trinajstić information content (AvgIpc) is 2.39. The molecule has 1 aliphatic rings. The molecule has 1 saturated heterocycles. The summed E-state index contributed by atoms with van der Waals surface area (Å²) in [5, 5.41) is 6.07. The molecule has 16 heavy (non-hydrogen) atoms. The van der Waals surface area contributed by atoms with Crippen LogP contribution in [0.1, 0.15) is 17.9 Å². The normalized spacial score (nSPS) is 25.1. The molecule has 2 N–H and O–H groups in total. The molecule has 2 atom stereocenters. The van der Waals surface area contributed by atoms with Crippen LogP contribution in [0.3, 0.4) is 0 Å². The smallest absolute Gasteiger partial charge is 0.224 e. The summed E-state index contributed by atoms with van der Waals surface area (Å²) < 4.78 is 0. The predicted octanol–water partition coefficient (Wildman–Crippen LogP) is 1.13. The highest BCUT2D eigenvalue weighted by atomic mass is 16.1. The molecule has 1 aromatic carbocycles. The van der Waals surface area contributed by atoms with Crippen molar-refractivity contribution >= 4 is 5.91 Å². The Bertz CT molecular complexity index is 350. The van der Waals surface area contributed by atoms with Crippen molar-refractivity contribution in [3.63, 3.8) is 0 Å². The fourth-order valence-electron chi connectivity index (χ4n) is 2.32. The van der Waals surface area contributed by atoms with Gasteiger partial charge in [-0.3, -0.25) is 4.79 Å². The Balaban J connectivity index is 2.05. The Morgan fingerprint density at radius 3 is 2.75 bits per heavy atom.